The average Bonchev–Trinajstić information content (AvgIpc) is 2.86. The lowest BCUT2D eigenvalue weighted by Crippen LogP contribution is -2.00. The van der Waals surface area contributed by atoms with Crippen LogP contribution in [0.5, 0.6) is 5.75 Å². The van der Waals surface area contributed by atoms with Crippen molar-refractivity contribution in [2.24, 2.45) is 0 Å². The van der Waals surface area contributed by atoms with E-state index in [1.165, 1.54) is 5.56 Å². The molecule has 0 saturated carbocycles. The van der Waals surface area contributed by atoms with E-state index in [-0.39, 0.29) is 0 Å². The number of furan rings is 1. The molecule has 0 saturated heterocycles. The molecule has 0 aliphatic rings. The molecule has 108 valence electrons. The molecule has 0 radical (unpaired) electrons. The number of thioether (sulfide) groups is 1. The van der Waals surface area contributed by atoms with Gasteiger partial charge in [-0.15, -0.1) is 0 Å². The Kier molecular flexibility index (Phi) is 5.41. The number of nitrogens with one attached hydrogen (secondary N) is 1. The van der Waals surface area contributed by atoms with E-state index >= 15 is 0 Å². The highest BCUT2D eigenvalue weighted by molar-refractivity contribution is 7.97. The van der Waals surface area contributed by atoms with Crippen LogP contribution in [0, 0.1) is 6.92 Å². The molecule has 3 nitrogen and oxygen atoms in total. The normalized spacial score (nSPS) is 10.6. The highest BCUT2D eigenvalue weighted by atomic mass is 32.2. The Morgan fingerprint density at radius 2 is 2.00 bits per heavy atom. The van der Waals surface area contributed by atoms with Crippen LogP contribution in [0.4, 0.5) is 5.69 Å². The Morgan fingerprint density at radius 1 is 1.20 bits per heavy atom. The lowest BCUT2D eigenvalue weighted by Gasteiger charge is -2.10. The van der Waals surface area contributed by atoms with Gasteiger partial charge in [0.25, 0.3) is 0 Å². The maximum Gasteiger partial charge on any atom is 0.123 e. The van der Waals surface area contributed by atoms with Gasteiger partial charge in [-0.3, -0.25) is 0 Å². The summed E-state index contributed by atoms with van der Waals surface area (Å²) in [5.74, 6) is 3.82. The highest BCUT2D eigenvalue weighted by Gasteiger charge is 2.04. The first kappa shape index (κ1) is 14.9. The van der Waals surface area contributed by atoms with Crippen molar-refractivity contribution in [3.05, 3.63) is 47.4 Å². The quantitative estimate of drug-likeness (QED) is 0.816. The standard InChI is InChI=1S/C16H21NO2S/c1-4-18-13-7-8-16(12(2)9-13)17-10-14-5-6-15(19-14)11-20-3/h5-9,17H,4,10-11H2,1-3H3. The van der Waals surface area contributed by atoms with Gasteiger partial charge in [-0.1, -0.05) is 0 Å². The highest BCUT2D eigenvalue weighted by Crippen LogP contribution is 2.22. The molecule has 0 unspecified atom stereocenters. The number of hydrogen-bond acceptors (Lipinski definition) is 4. The Hall–Kier alpha value is -1.55. The molecular weight excluding hydrogens is 270 g/mol. The molecule has 0 amide bonds. The van der Waals surface area contributed by atoms with Gasteiger partial charge in [0.15, 0.2) is 0 Å². The third kappa shape index (κ3) is 3.97. The SMILES string of the molecule is CCOc1ccc(NCc2ccc(CSC)o2)c(C)c1. The summed E-state index contributed by atoms with van der Waals surface area (Å²) in [4.78, 5) is 0. The summed E-state index contributed by atoms with van der Waals surface area (Å²) in [6.07, 6.45) is 2.07. The number of aryl methyl sites for hydroxylation is 1. The first-order valence-electron chi connectivity index (χ1n) is 6.76. The van der Waals surface area contributed by atoms with E-state index in [0.29, 0.717) is 13.2 Å². The molecule has 0 spiro atoms. The fraction of sp³-hybridized carbons (Fsp3) is 0.375. The molecule has 0 atom stereocenters. The largest absolute Gasteiger partial charge is 0.494 e. The summed E-state index contributed by atoms with van der Waals surface area (Å²) >= 11 is 1.76. The van der Waals surface area contributed by atoms with Gasteiger partial charge in [-0.05, 0) is 56.0 Å². The van der Waals surface area contributed by atoms with Crippen LogP contribution in [0.15, 0.2) is 34.7 Å². The van der Waals surface area contributed by atoms with Crippen molar-refractivity contribution in [1.29, 1.82) is 0 Å². The van der Waals surface area contributed by atoms with Crippen LogP contribution in [0.3, 0.4) is 0 Å². The number of rotatable bonds is 7. The average molecular weight is 291 g/mol. The molecule has 0 aliphatic heterocycles. The molecule has 1 aromatic heterocycles. The van der Waals surface area contributed by atoms with Crippen molar-refractivity contribution in [1.82, 2.24) is 0 Å². The van der Waals surface area contributed by atoms with Gasteiger partial charge in [-0.2, -0.15) is 11.8 Å². The molecular formula is C16H21NO2S. The molecule has 1 heterocycles. The van der Waals surface area contributed by atoms with Crippen LogP contribution in [0.1, 0.15) is 24.0 Å². The van der Waals surface area contributed by atoms with Crippen molar-refractivity contribution in [3.8, 4) is 5.75 Å². The van der Waals surface area contributed by atoms with Crippen LogP contribution < -0.4 is 10.1 Å². The van der Waals surface area contributed by atoms with Gasteiger partial charge >= 0.3 is 0 Å². The third-order valence-electron chi connectivity index (χ3n) is 2.97. The Morgan fingerprint density at radius 3 is 2.70 bits per heavy atom. The molecule has 0 aliphatic carbocycles. The van der Waals surface area contributed by atoms with Crippen LogP contribution >= 0.6 is 11.8 Å². The first-order chi connectivity index (χ1) is 9.72. The zero-order valence-electron chi connectivity index (χ0n) is 12.2. The van der Waals surface area contributed by atoms with Crippen LogP contribution in [-0.4, -0.2) is 12.9 Å². The van der Waals surface area contributed by atoms with Gasteiger partial charge in [0.2, 0.25) is 0 Å². The molecule has 4 heteroatoms. The van der Waals surface area contributed by atoms with E-state index in [4.69, 9.17) is 9.15 Å². The Labute approximate surface area is 124 Å². The molecule has 2 rings (SSSR count). The van der Waals surface area contributed by atoms with E-state index in [9.17, 15) is 0 Å². The second-order valence-corrected chi connectivity index (χ2v) is 5.43. The summed E-state index contributed by atoms with van der Waals surface area (Å²) in [5, 5.41) is 3.40. The zero-order chi connectivity index (χ0) is 14.4. The molecule has 20 heavy (non-hydrogen) atoms. The lowest BCUT2D eigenvalue weighted by atomic mass is 10.2. The van der Waals surface area contributed by atoms with Crippen molar-refractivity contribution < 1.29 is 9.15 Å². The zero-order valence-corrected chi connectivity index (χ0v) is 13.0. The summed E-state index contributed by atoms with van der Waals surface area (Å²) in [6, 6.07) is 10.2. The van der Waals surface area contributed by atoms with Crippen molar-refractivity contribution >= 4 is 17.4 Å². The van der Waals surface area contributed by atoms with Crippen LogP contribution in [0.2, 0.25) is 0 Å². The second kappa shape index (κ2) is 7.29. The molecule has 1 N–H and O–H groups in total. The smallest absolute Gasteiger partial charge is 0.123 e. The van der Waals surface area contributed by atoms with E-state index in [1.807, 2.05) is 37.3 Å². The minimum Gasteiger partial charge on any atom is -0.494 e. The monoisotopic (exact) mass is 291 g/mol. The second-order valence-electron chi connectivity index (χ2n) is 4.56. The number of anilines is 1. The number of hydrogen-bond donors (Lipinski definition) is 1. The van der Waals surface area contributed by atoms with Gasteiger partial charge < -0.3 is 14.5 Å². The predicted molar refractivity (Wildman–Crippen MR) is 85.6 cm³/mol. The lowest BCUT2D eigenvalue weighted by molar-refractivity contribution is 0.340. The number of benzene rings is 1. The van der Waals surface area contributed by atoms with E-state index in [0.717, 1.165) is 28.7 Å². The maximum absolute atomic E-state index is 5.74. The van der Waals surface area contributed by atoms with E-state index in [1.54, 1.807) is 11.8 Å². The van der Waals surface area contributed by atoms with Crippen LogP contribution in [-0.2, 0) is 12.3 Å². The molecule has 2 aromatic rings. The van der Waals surface area contributed by atoms with E-state index in [2.05, 4.69) is 18.5 Å². The minimum atomic E-state index is 0.691. The fourth-order valence-corrected chi connectivity index (χ4v) is 2.45. The number of ether oxygens (including phenoxy) is 1. The molecule has 1 aromatic carbocycles. The summed E-state index contributed by atoms with van der Waals surface area (Å²) in [7, 11) is 0. The van der Waals surface area contributed by atoms with Crippen molar-refractivity contribution in [3.63, 3.8) is 0 Å². The van der Waals surface area contributed by atoms with Gasteiger partial charge in [0.05, 0.1) is 18.9 Å². The van der Waals surface area contributed by atoms with Gasteiger partial charge in [-0.25, -0.2) is 0 Å². The minimum absolute atomic E-state index is 0.691. The summed E-state index contributed by atoms with van der Waals surface area (Å²) in [6.45, 7) is 5.46. The Bertz CT molecular complexity index is 551. The first-order valence-corrected chi connectivity index (χ1v) is 8.16. The topological polar surface area (TPSA) is 34.4 Å². The molecule has 0 fully saturated rings. The summed E-state index contributed by atoms with van der Waals surface area (Å²) < 4.78 is 11.2. The third-order valence-corrected chi connectivity index (χ3v) is 3.54. The van der Waals surface area contributed by atoms with Crippen molar-refractivity contribution in [2.45, 2.75) is 26.1 Å². The predicted octanol–water partition coefficient (Wildman–Crippen LogP) is 4.46. The maximum atomic E-state index is 5.74. The fourth-order valence-electron chi connectivity index (χ4n) is 2.01. The van der Waals surface area contributed by atoms with Crippen LogP contribution in [0.25, 0.3) is 0 Å². The summed E-state index contributed by atoms with van der Waals surface area (Å²) in [5.41, 5.74) is 2.28. The Balaban J connectivity index is 1.95. The molecule has 0 bridgehead atoms. The van der Waals surface area contributed by atoms with E-state index < -0.39 is 0 Å². The van der Waals surface area contributed by atoms with Gasteiger partial charge in [0.1, 0.15) is 17.3 Å². The van der Waals surface area contributed by atoms with Gasteiger partial charge in [0, 0.05) is 5.69 Å². The van der Waals surface area contributed by atoms with Crippen molar-refractivity contribution in [2.75, 3.05) is 18.2 Å².